The van der Waals surface area contributed by atoms with Crippen LogP contribution in [0.25, 0.3) is 0 Å². The van der Waals surface area contributed by atoms with Crippen LogP contribution in [0.1, 0.15) is 23.3 Å². The zero-order valence-corrected chi connectivity index (χ0v) is 13.7. The van der Waals surface area contributed by atoms with Crippen LogP contribution in [-0.4, -0.2) is 51.8 Å². The molecule has 0 bridgehead atoms. The minimum Gasteiger partial charge on any atom is -0.471 e. The van der Waals surface area contributed by atoms with Gasteiger partial charge in [0.1, 0.15) is 17.9 Å². The Morgan fingerprint density at radius 2 is 2.21 bits per heavy atom. The molecule has 0 spiro atoms. The Bertz CT molecular complexity index is 715. The smallest absolute Gasteiger partial charge is 0.270 e. The molecule has 0 aromatic carbocycles. The number of carbonyl (C=O) groups is 1. The summed E-state index contributed by atoms with van der Waals surface area (Å²) in [6.07, 6.45) is 5.21. The van der Waals surface area contributed by atoms with Gasteiger partial charge in [0.15, 0.2) is 0 Å². The monoisotopic (exact) mass is 327 g/mol. The molecular formula is C18H21N3O3. The average Bonchev–Trinajstić information content (AvgIpc) is 3.22. The maximum Gasteiger partial charge on any atom is 0.270 e. The number of aryl methyl sites for hydroxylation is 1. The number of hydrogen-bond donors (Lipinski definition) is 0. The fourth-order valence-corrected chi connectivity index (χ4v) is 3.70. The summed E-state index contributed by atoms with van der Waals surface area (Å²) in [4.78, 5) is 19.1. The van der Waals surface area contributed by atoms with E-state index in [4.69, 9.17) is 9.47 Å². The summed E-state index contributed by atoms with van der Waals surface area (Å²) in [5.74, 6) is 0.678. The normalized spacial score (nSPS) is 26.2. The third kappa shape index (κ3) is 2.67. The quantitative estimate of drug-likeness (QED) is 0.864. The summed E-state index contributed by atoms with van der Waals surface area (Å²) in [6.45, 7) is 1.17. The molecule has 1 saturated carbocycles. The first-order valence-electron chi connectivity index (χ1n) is 8.35. The summed E-state index contributed by atoms with van der Waals surface area (Å²) in [7, 11) is 1.90. The van der Waals surface area contributed by atoms with E-state index in [0.717, 1.165) is 12.8 Å². The minimum atomic E-state index is -0.0926. The van der Waals surface area contributed by atoms with Gasteiger partial charge >= 0.3 is 0 Å². The number of nitrogens with zero attached hydrogens (tertiary/aromatic N) is 3. The number of fused-ring (bicyclic) bond motifs is 1. The second-order valence-corrected chi connectivity index (χ2v) is 6.31. The highest BCUT2D eigenvalue weighted by Gasteiger charge is 2.46. The molecule has 0 radical (unpaired) electrons. The molecule has 3 atom stereocenters. The fraction of sp³-hybridized carbons (Fsp3) is 0.444. The van der Waals surface area contributed by atoms with E-state index in [0.29, 0.717) is 24.7 Å². The highest BCUT2D eigenvalue weighted by Crippen LogP contribution is 2.33. The number of rotatable bonds is 3. The summed E-state index contributed by atoms with van der Waals surface area (Å²) in [6, 6.07) is 9.44. The predicted octanol–water partition coefficient (Wildman–Crippen LogP) is 1.87. The Balaban J connectivity index is 1.50. The lowest BCUT2D eigenvalue weighted by Crippen LogP contribution is -2.54. The number of morpholine rings is 1. The SMILES string of the molecule is Cn1cccc1C(=O)N1CCO[C@H]2[C@H](Oc3ccccn3)CC[C@@H]21. The first kappa shape index (κ1) is 15.2. The van der Waals surface area contributed by atoms with Gasteiger partial charge in [0, 0.05) is 32.1 Å². The van der Waals surface area contributed by atoms with Crippen molar-refractivity contribution >= 4 is 5.91 Å². The lowest BCUT2D eigenvalue weighted by Gasteiger charge is -2.38. The van der Waals surface area contributed by atoms with Crippen LogP contribution in [0.3, 0.4) is 0 Å². The molecule has 0 N–H and O–H groups in total. The highest BCUT2D eigenvalue weighted by molar-refractivity contribution is 5.93. The van der Waals surface area contributed by atoms with Crippen molar-refractivity contribution < 1.29 is 14.3 Å². The van der Waals surface area contributed by atoms with Crippen molar-refractivity contribution in [2.24, 2.45) is 7.05 Å². The number of carbonyl (C=O) groups excluding carboxylic acids is 1. The van der Waals surface area contributed by atoms with Crippen molar-refractivity contribution in [3.05, 3.63) is 48.4 Å². The van der Waals surface area contributed by atoms with Crippen molar-refractivity contribution in [3.8, 4) is 5.88 Å². The van der Waals surface area contributed by atoms with Gasteiger partial charge in [-0.1, -0.05) is 6.07 Å². The number of amides is 1. The topological polar surface area (TPSA) is 56.6 Å². The first-order valence-corrected chi connectivity index (χ1v) is 8.35. The van der Waals surface area contributed by atoms with E-state index in [1.165, 1.54) is 0 Å². The molecule has 1 aliphatic heterocycles. The fourth-order valence-electron chi connectivity index (χ4n) is 3.70. The molecule has 2 aliphatic rings. The van der Waals surface area contributed by atoms with Crippen LogP contribution >= 0.6 is 0 Å². The number of hydrogen-bond acceptors (Lipinski definition) is 4. The van der Waals surface area contributed by atoms with Gasteiger partial charge in [0.2, 0.25) is 5.88 Å². The Morgan fingerprint density at radius 1 is 1.29 bits per heavy atom. The number of ether oxygens (including phenoxy) is 2. The summed E-state index contributed by atoms with van der Waals surface area (Å²) in [5, 5.41) is 0. The Kier molecular flexibility index (Phi) is 3.98. The molecule has 6 nitrogen and oxygen atoms in total. The van der Waals surface area contributed by atoms with Gasteiger partial charge < -0.3 is 18.9 Å². The van der Waals surface area contributed by atoms with E-state index < -0.39 is 0 Å². The summed E-state index contributed by atoms with van der Waals surface area (Å²) >= 11 is 0. The van der Waals surface area contributed by atoms with Crippen LogP contribution in [0.4, 0.5) is 0 Å². The van der Waals surface area contributed by atoms with Gasteiger partial charge in [-0.15, -0.1) is 0 Å². The number of pyridine rings is 1. The molecule has 0 unspecified atom stereocenters. The second kappa shape index (κ2) is 6.28. The highest BCUT2D eigenvalue weighted by atomic mass is 16.5. The zero-order chi connectivity index (χ0) is 16.5. The number of aromatic nitrogens is 2. The van der Waals surface area contributed by atoms with Gasteiger partial charge in [-0.3, -0.25) is 4.79 Å². The van der Waals surface area contributed by atoms with Crippen LogP contribution in [0.5, 0.6) is 5.88 Å². The molecule has 2 aromatic heterocycles. The van der Waals surface area contributed by atoms with Gasteiger partial charge in [-0.05, 0) is 31.0 Å². The van der Waals surface area contributed by atoms with E-state index in [1.54, 1.807) is 6.20 Å². The Morgan fingerprint density at radius 3 is 2.96 bits per heavy atom. The van der Waals surface area contributed by atoms with Gasteiger partial charge in [0.05, 0.1) is 12.6 Å². The molecule has 1 amide bonds. The Hall–Kier alpha value is -2.34. The third-order valence-electron chi connectivity index (χ3n) is 4.87. The maximum atomic E-state index is 12.9. The average molecular weight is 327 g/mol. The molecular weight excluding hydrogens is 306 g/mol. The van der Waals surface area contributed by atoms with Crippen LogP contribution in [0.2, 0.25) is 0 Å². The van der Waals surface area contributed by atoms with Crippen LogP contribution in [0.15, 0.2) is 42.7 Å². The van der Waals surface area contributed by atoms with Crippen molar-refractivity contribution in [2.75, 3.05) is 13.2 Å². The van der Waals surface area contributed by atoms with E-state index in [2.05, 4.69) is 4.98 Å². The van der Waals surface area contributed by atoms with E-state index >= 15 is 0 Å². The summed E-state index contributed by atoms with van der Waals surface area (Å²) < 4.78 is 13.8. The third-order valence-corrected chi connectivity index (χ3v) is 4.87. The lowest BCUT2D eigenvalue weighted by atomic mass is 10.1. The van der Waals surface area contributed by atoms with Crippen molar-refractivity contribution in [3.63, 3.8) is 0 Å². The molecule has 126 valence electrons. The minimum absolute atomic E-state index is 0.0612. The molecule has 1 aliphatic carbocycles. The van der Waals surface area contributed by atoms with E-state index in [-0.39, 0.29) is 24.2 Å². The Labute approximate surface area is 141 Å². The van der Waals surface area contributed by atoms with Gasteiger partial charge in [0.25, 0.3) is 5.91 Å². The lowest BCUT2D eigenvalue weighted by molar-refractivity contribution is -0.0794. The van der Waals surface area contributed by atoms with Crippen LogP contribution in [0, 0.1) is 0 Å². The second-order valence-electron chi connectivity index (χ2n) is 6.31. The predicted molar refractivity (Wildman–Crippen MR) is 87.9 cm³/mol. The van der Waals surface area contributed by atoms with E-state index in [1.807, 2.05) is 53.0 Å². The molecule has 2 fully saturated rings. The van der Waals surface area contributed by atoms with Crippen LogP contribution in [-0.2, 0) is 11.8 Å². The molecule has 3 heterocycles. The first-order chi connectivity index (χ1) is 11.7. The molecule has 6 heteroatoms. The van der Waals surface area contributed by atoms with Crippen molar-refractivity contribution in [1.29, 1.82) is 0 Å². The van der Waals surface area contributed by atoms with Crippen molar-refractivity contribution in [2.45, 2.75) is 31.1 Å². The van der Waals surface area contributed by atoms with Crippen LogP contribution < -0.4 is 4.74 Å². The van der Waals surface area contributed by atoms with E-state index in [9.17, 15) is 4.79 Å². The molecule has 4 rings (SSSR count). The molecule has 2 aromatic rings. The largest absolute Gasteiger partial charge is 0.471 e. The maximum absolute atomic E-state index is 12.9. The zero-order valence-electron chi connectivity index (χ0n) is 13.7. The molecule has 24 heavy (non-hydrogen) atoms. The van der Waals surface area contributed by atoms with Gasteiger partial charge in [-0.25, -0.2) is 4.98 Å². The summed E-state index contributed by atoms with van der Waals surface area (Å²) in [5.41, 5.74) is 0.713. The standard InChI is InChI=1S/C18H21N3O3/c1-20-10-4-5-14(20)18(22)21-11-12-23-17-13(21)7-8-15(17)24-16-6-2-3-9-19-16/h2-6,9-10,13,15,17H,7-8,11-12H2,1H3/t13-,15+,17+/m0/s1. The van der Waals surface area contributed by atoms with Crippen molar-refractivity contribution in [1.82, 2.24) is 14.5 Å². The van der Waals surface area contributed by atoms with Gasteiger partial charge in [-0.2, -0.15) is 0 Å². The molecule has 1 saturated heterocycles.